The molecular formula is C31H44F2O6. The van der Waals surface area contributed by atoms with Gasteiger partial charge in [-0.05, 0) is 81.4 Å². The van der Waals surface area contributed by atoms with Crippen molar-refractivity contribution in [2.75, 3.05) is 19.8 Å². The molecule has 1 aromatic rings. The summed E-state index contributed by atoms with van der Waals surface area (Å²) in [6, 6.07) is 8.64. The average Bonchev–Trinajstić information content (AvgIpc) is 3.13. The van der Waals surface area contributed by atoms with Gasteiger partial charge in [-0.15, -0.1) is 0 Å². The van der Waals surface area contributed by atoms with Crippen LogP contribution in [0.5, 0.6) is 5.75 Å². The summed E-state index contributed by atoms with van der Waals surface area (Å²) in [5.41, 5.74) is 0. The molecule has 0 spiro atoms. The molecule has 2 aliphatic heterocycles. The zero-order chi connectivity index (χ0) is 27.7. The van der Waals surface area contributed by atoms with Crippen molar-refractivity contribution in [1.82, 2.24) is 0 Å². The molecule has 7 atom stereocenters. The molecule has 0 aromatic heterocycles. The Morgan fingerprint density at radius 1 is 1.15 bits per heavy atom. The molecule has 6 nitrogen and oxygen atoms in total. The molecule has 1 aliphatic carbocycles. The van der Waals surface area contributed by atoms with Gasteiger partial charge >= 0.3 is 5.97 Å². The predicted octanol–water partition coefficient (Wildman–Crippen LogP) is 6.88. The minimum absolute atomic E-state index is 0.0663. The van der Waals surface area contributed by atoms with Gasteiger partial charge < -0.3 is 24.1 Å². The Balaban J connectivity index is 1.40. The van der Waals surface area contributed by atoms with Gasteiger partial charge in [0, 0.05) is 25.6 Å². The van der Waals surface area contributed by atoms with Crippen LogP contribution in [0.25, 0.3) is 0 Å². The molecule has 2 saturated heterocycles. The van der Waals surface area contributed by atoms with E-state index in [-0.39, 0.29) is 42.2 Å². The summed E-state index contributed by atoms with van der Waals surface area (Å²) < 4.78 is 53.6. The molecule has 0 radical (unpaired) electrons. The van der Waals surface area contributed by atoms with Gasteiger partial charge in [-0.25, -0.2) is 0 Å². The van der Waals surface area contributed by atoms with Crippen LogP contribution in [0.15, 0.2) is 42.5 Å². The van der Waals surface area contributed by atoms with E-state index in [0.29, 0.717) is 38.2 Å². The van der Waals surface area contributed by atoms with Gasteiger partial charge in [0.1, 0.15) is 5.75 Å². The third-order valence-electron chi connectivity index (χ3n) is 8.43. The first-order valence-corrected chi connectivity index (χ1v) is 14.7. The van der Waals surface area contributed by atoms with Gasteiger partial charge in [-0.2, -0.15) is 8.78 Å². The van der Waals surface area contributed by atoms with Crippen LogP contribution in [-0.2, 0) is 19.0 Å². The number of halogens is 2. The molecule has 4 rings (SSSR count). The van der Waals surface area contributed by atoms with E-state index in [1.807, 2.05) is 13.0 Å². The number of fused-ring (bicyclic) bond motifs is 1. The lowest BCUT2D eigenvalue weighted by Gasteiger charge is -2.29. The number of alkyl halides is 2. The van der Waals surface area contributed by atoms with Crippen molar-refractivity contribution in [1.29, 1.82) is 0 Å². The Morgan fingerprint density at radius 2 is 1.97 bits per heavy atom. The number of rotatable bonds is 13. The van der Waals surface area contributed by atoms with Crippen LogP contribution < -0.4 is 4.74 Å². The standard InChI is InChI=1S/C31H44F2O6/c1-2-8-23(30(34)35)14-12-22-13-15-25-26(16-17-31(32,33)21-38-24-9-4-3-5-10-24)28(19-27(25)37-20-22)39-29-11-6-7-18-36-29/h3-5,9-10,16-17,22-23,25-29H,2,6-8,11-15,18-21H2,1H3,(H,34,35)/b17-16+/t22-,23?,25-,26-,27+,28-,29?/m1/s1. The van der Waals surface area contributed by atoms with Crippen LogP contribution in [0, 0.1) is 23.7 Å². The first-order chi connectivity index (χ1) is 18.8. The zero-order valence-corrected chi connectivity index (χ0v) is 23.0. The third-order valence-corrected chi connectivity index (χ3v) is 8.43. The predicted molar refractivity (Wildman–Crippen MR) is 144 cm³/mol. The van der Waals surface area contributed by atoms with E-state index in [2.05, 4.69) is 0 Å². The van der Waals surface area contributed by atoms with E-state index in [4.69, 9.17) is 18.9 Å². The highest BCUT2D eigenvalue weighted by atomic mass is 19.3. The molecule has 39 heavy (non-hydrogen) atoms. The molecular weight excluding hydrogens is 506 g/mol. The van der Waals surface area contributed by atoms with E-state index in [9.17, 15) is 18.7 Å². The van der Waals surface area contributed by atoms with E-state index >= 15 is 0 Å². The first kappa shape index (κ1) is 29.9. The number of hydrogen-bond donors (Lipinski definition) is 1. The summed E-state index contributed by atoms with van der Waals surface area (Å²) in [6.45, 7) is 2.51. The number of carbonyl (C=O) groups is 1. The molecule has 3 fully saturated rings. The van der Waals surface area contributed by atoms with E-state index < -0.39 is 18.5 Å². The smallest absolute Gasteiger partial charge is 0.306 e. The lowest BCUT2D eigenvalue weighted by atomic mass is 9.85. The number of ether oxygens (including phenoxy) is 4. The van der Waals surface area contributed by atoms with Crippen molar-refractivity contribution in [2.24, 2.45) is 23.7 Å². The molecule has 1 saturated carbocycles. The van der Waals surface area contributed by atoms with Crippen molar-refractivity contribution < 1.29 is 37.6 Å². The largest absolute Gasteiger partial charge is 0.487 e. The normalized spacial score (nSPS) is 30.5. The minimum Gasteiger partial charge on any atom is -0.487 e. The Kier molecular flexibility index (Phi) is 11.2. The fraction of sp³-hybridized carbons (Fsp3) is 0.710. The Morgan fingerprint density at radius 3 is 2.69 bits per heavy atom. The van der Waals surface area contributed by atoms with Crippen LogP contribution in [0.2, 0.25) is 0 Å². The van der Waals surface area contributed by atoms with E-state index in [1.54, 1.807) is 30.3 Å². The lowest BCUT2D eigenvalue weighted by molar-refractivity contribution is -0.193. The topological polar surface area (TPSA) is 74.2 Å². The van der Waals surface area contributed by atoms with Crippen molar-refractivity contribution in [3.63, 3.8) is 0 Å². The summed E-state index contributed by atoms with van der Waals surface area (Å²) in [5, 5.41) is 9.51. The van der Waals surface area contributed by atoms with Crippen molar-refractivity contribution in [2.45, 2.75) is 95.6 Å². The van der Waals surface area contributed by atoms with Gasteiger partial charge in [0.05, 0.1) is 18.1 Å². The van der Waals surface area contributed by atoms with Crippen LogP contribution in [0.3, 0.4) is 0 Å². The number of aliphatic carboxylic acids is 1. The first-order valence-electron chi connectivity index (χ1n) is 14.7. The fourth-order valence-electron chi connectivity index (χ4n) is 6.25. The molecule has 2 unspecified atom stereocenters. The maximum Gasteiger partial charge on any atom is 0.306 e. The van der Waals surface area contributed by atoms with Crippen molar-refractivity contribution >= 4 is 5.97 Å². The van der Waals surface area contributed by atoms with Crippen LogP contribution in [0.4, 0.5) is 8.78 Å². The summed E-state index contributed by atoms with van der Waals surface area (Å²) in [4.78, 5) is 11.6. The van der Waals surface area contributed by atoms with Crippen LogP contribution >= 0.6 is 0 Å². The Hall–Kier alpha value is -2.03. The molecule has 218 valence electrons. The number of hydrogen-bond acceptors (Lipinski definition) is 5. The summed E-state index contributed by atoms with van der Waals surface area (Å²) in [6.07, 6.45) is 10.2. The van der Waals surface area contributed by atoms with Crippen LogP contribution in [-0.4, -0.2) is 55.3 Å². The molecule has 2 heterocycles. The molecule has 3 aliphatic rings. The van der Waals surface area contributed by atoms with Gasteiger partial charge in [0.25, 0.3) is 5.92 Å². The lowest BCUT2D eigenvalue weighted by Crippen LogP contribution is -2.31. The quantitative estimate of drug-likeness (QED) is 0.270. The Bertz CT molecular complexity index is 904. The monoisotopic (exact) mass is 550 g/mol. The van der Waals surface area contributed by atoms with Gasteiger partial charge in [-0.1, -0.05) is 37.6 Å². The highest BCUT2D eigenvalue weighted by Crippen LogP contribution is 2.44. The van der Waals surface area contributed by atoms with Gasteiger partial charge in [-0.3, -0.25) is 4.79 Å². The van der Waals surface area contributed by atoms with Gasteiger partial charge in [0.2, 0.25) is 0 Å². The molecule has 1 aromatic carbocycles. The third kappa shape index (κ3) is 8.98. The minimum atomic E-state index is -3.13. The number of para-hydroxylation sites is 1. The fourth-order valence-corrected chi connectivity index (χ4v) is 6.25. The molecule has 0 amide bonds. The highest BCUT2D eigenvalue weighted by molar-refractivity contribution is 5.69. The van der Waals surface area contributed by atoms with E-state index in [1.165, 1.54) is 0 Å². The summed E-state index contributed by atoms with van der Waals surface area (Å²) >= 11 is 0. The Labute approximate surface area is 231 Å². The second-order valence-electron chi connectivity index (χ2n) is 11.4. The molecule has 1 N–H and O–H groups in total. The number of carboxylic acids is 1. The highest BCUT2D eigenvalue weighted by Gasteiger charge is 2.46. The van der Waals surface area contributed by atoms with Crippen molar-refractivity contribution in [3.05, 3.63) is 42.5 Å². The summed E-state index contributed by atoms with van der Waals surface area (Å²) in [7, 11) is 0. The maximum atomic E-state index is 14.9. The SMILES string of the molecule is CCCC(CC[C@@H]1CC[C@@H]2[C@@H](/C=C/C(F)(F)COc3ccccc3)[C@H](OC3CCCCO3)C[C@@H]2OC1)C(=O)O. The number of carboxylic acid groups (broad SMARTS) is 1. The number of benzene rings is 1. The van der Waals surface area contributed by atoms with Gasteiger partial charge in [0.15, 0.2) is 12.9 Å². The molecule has 0 bridgehead atoms. The second-order valence-corrected chi connectivity index (χ2v) is 11.4. The summed E-state index contributed by atoms with van der Waals surface area (Å²) in [5.74, 6) is -3.63. The maximum absolute atomic E-state index is 14.9. The second kappa shape index (κ2) is 14.6. The molecule has 8 heteroatoms. The zero-order valence-electron chi connectivity index (χ0n) is 23.0. The van der Waals surface area contributed by atoms with E-state index in [0.717, 1.165) is 51.0 Å². The van der Waals surface area contributed by atoms with Crippen LogP contribution in [0.1, 0.15) is 71.1 Å². The van der Waals surface area contributed by atoms with Crippen molar-refractivity contribution in [3.8, 4) is 5.75 Å². The average molecular weight is 551 g/mol.